The van der Waals surface area contributed by atoms with Gasteiger partial charge in [0, 0.05) is 0 Å². The van der Waals surface area contributed by atoms with E-state index in [1.165, 1.54) is 25.3 Å². The van der Waals surface area contributed by atoms with Crippen LogP contribution in [0.3, 0.4) is 0 Å². The van der Waals surface area contributed by atoms with Crippen LogP contribution in [-0.4, -0.2) is 25.2 Å². The molecular weight excluding hydrogens is 376 g/mol. The average Bonchev–Trinajstić information content (AvgIpc) is 2.56. The number of carbonyl (C=O) groups excluding carboxylic acids is 2. The van der Waals surface area contributed by atoms with E-state index in [0.717, 1.165) is 0 Å². The quantitative estimate of drug-likeness (QED) is 0.562. The minimum absolute atomic E-state index is 0.0621. The van der Waals surface area contributed by atoms with Crippen molar-refractivity contribution in [3.05, 3.63) is 58.1 Å². The summed E-state index contributed by atoms with van der Waals surface area (Å²) in [6.07, 6.45) is 0.0621. The zero-order valence-electron chi connectivity index (χ0n) is 13.5. The van der Waals surface area contributed by atoms with Gasteiger partial charge in [0.1, 0.15) is 11.5 Å². The first-order chi connectivity index (χ1) is 11.4. The molecule has 0 amide bonds. The van der Waals surface area contributed by atoms with E-state index < -0.39 is 11.9 Å². The fourth-order valence-electron chi connectivity index (χ4n) is 1.93. The average molecular weight is 393 g/mol. The minimum Gasteiger partial charge on any atom is -0.491 e. The van der Waals surface area contributed by atoms with Gasteiger partial charge in [0.15, 0.2) is 0 Å². The first-order valence-electron chi connectivity index (χ1n) is 7.27. The highest BCUT2D eigenvalue weighted by Gasteiger charge is 2.14. The van der Waals surface area contributed by atoms with E-state index in [9.17, 15) is 9.59 Å². The third-order valence-electron chi connectivity index (χ3n) is 3.02. The number of benzene rings is 2. The van der Waals surface area contributed by atoms with Gasteiger partial charge in [-0.3, -0.25) is 0 Å². The highest BCUT2D eigenvalue weighted by atomic mass is 79.9. The monoisotopic (exact) mass is 392 g/mol. The van der Waals surface area contributed by atoms with Crippen molar-refractivity contribution in [3.63, 3.8) is 0 Å². The number of ether oxygens (including phenoxy) is 3. The molecule has 24 heavy (non-hydrogen) atoms. The molecule has 0 bridgehead atoms. The Hall–Kier alpha value is -2.34. The van der Waals surface area contributed by atoms with Gasteiger partial charge >= 0.3 is 11.9 Å². The van der Waals surface area contributed by atoms with Crippen molar-refractivity contribution in [1.29, 1.82) is 0 Å². The molecule has 0 aliphatic rings. The van der Waals surface area contributed by atoms with E-state index in [2.05, 4.69) is 20.7 Å². The Morgan fingerprint density at radius 2 is 1.58 bits per heavy atom. The normalized spacial score (nSPS) is 10.4. The summed E-state index contributed by atoms with van der Waals surface area (Å²) in [5.41, 5.74) is 0.759. The number of halogens is 1. The summed E-state index contributed by atoms with van der Waals surface area (Å²) in [5, 5.41) is 0. The van der Waals surface area contributed by atoms with Crippen LogP contribution < -0.4 is 9.47 Å². The Morgan fingerprint density at radius 3 is 2.12 bits per heavy atom. The van der Waals surface area contributed by atoms with Crippen molar-refractivity contribution < 1.29 is 23.8 Å². The minimum atomic E-state index is -0.502. The van der Waals surface area contributed by atoms with Gasteiger partial charge in [0.2, 0.25) is 0 Å². The molecule has 5 nitrogen and oxygen atoms in total. The lowest BCUT2D eigenvalue weighted by Gasteiger charge is -2.10. The summed E-state index contributed by atoms with van der Waals surface area (Å²) in [6.45, 7) is 3.86. The van der Waals surface area contributed by atoms with Crippen molar-refractivity contribution in [3.8, 4) is 11.5 Å². The molecule has 6 heteroatoms. The van der Waals surface area contributed by atoms with Gasteiger partial charge in [0.05, 0.1) is 28.8 Å². The summed E-state index contributed by atoms with van der Waals surface area (Å²) in [6, 6.07) is 11.3. The van der Waals surface area contributed by atoms with Gasteiger partial charge in [0.25, 0.3) is 0 Å². The number of rotatable bonds is 5. The molecule has 0 N–H and O–H groups in total. The molecule has 0 aliphatic carbocycles. The maximum atomic E-state index is 12.2. The highest BCUT2D eigenvalue weighted by molar-refractivity contribution is 9.10. The molecule has 126 valence electrons. The standard InChI is InChI=1S/C18H17BrO5/c1-11(2)23-14-7-4-12(5-8-14)18(21)24-16-9-6-13(10-15(16)19)17(20)22-3/h4-11H,1-3H3. The number of hydrogen-bond acceptors (Lipinski definition) is 5. The second-order valence-corrected chi connectivity index (χ2v) is 6.07. The Kier molecular flexibility index (Phi) is 5.98. The summed E-state index contributed by atoms with van der Waals surface area (Å²) in [7, 11) is 1.30. The molecule has 0 fully saturated rings. The van der Waals surface area contributed by atoms with Gasteiger partial charge in [-0.2, -0.15) is 0 Å². The molecule has 0 aliphatic heterocycles. The van der Waals surface area contributed by atoms with E-state index in [1.54, 1.807) is 24.3 Å². The smallest absolute Gasteiger partial charge is 0.343 e. The molecule has 0 saturated heterocycles. The van der Waals surface area contributed by atoms with Crippen LogP contribution in [0.2, 0.25) is 0 Å². The maximum Gasteiger partial charge on any atom is 0.343 e. The van der Waals surface area contributed by atoms with Crippen molar-refractivity contribution in [1.82, 2.24) is 0 Å². The molecule has 2 aromatic carbocycles. The Labute approximate surface area is 148 Å². The first-order valence-corrected chi connectivity index (χ1v) is 8.06. The summed E-state index contributed by atoms with van der Waals surface area (Å²) in [5.74, 6) is 0.0345. The predicted molar refractivity (Wildman–Crippen MR) is 92.6 cm³/mol. The molecule has 2 rings (SSSR count). The topological polar surface area (TPSA) is 61.8 Å². The zero-order chi connectivity index (χ0) is 17.7. The van der Waals surface area contributed by atoms with Crippen molar-refractivity contribution in [2.75, 3.05) is 7.11 Å². The van der Waals surface area contributed by atoms with Gasteiger partial charge in [-0.05, 0) is 72.2 Å². The first kappa shape index (κ1) is 18.0. The summed E-state index contributed by atoms with van der Waals surface area (Å²) in [4.78, 5) is 23.7. The molecular formula is C18H17BrO5. The van der Waals surface area contributed by atoms with Gasteiger partial charge < -0.3 is 14.2 Å². The van der Waals surface area contributed by atoms with E-state index in [1.807, 2.05) is 13.8 Å². The Balaban J connectivity index is 2.10. The molecule has 0 heterocycles. The Morgan fingerprint density at radius 1 is 0.958 bits per heavy atom. The van der Waals surface area contributed by atoms with Crippen LogP contribution >= 0.6 is 15.9 Å². The van der Waals surface area contributed by atoms with Crippen LogP contribution in [0.25, 0.3) is 0 Å². The molecule has 0 unspecified atom stereocenters. The molecule has 2 aromatic rings. The highest BCUT2D eigenvalue weighted by Crippen LogP contribution is 2.27. The molecule has 0 radical (unpaired) electrons. The second-order valence-electron chi connectivity index (χ2n) is 5.22. The number of carbonyl (C=O) groups is 2. The number of methoxy groups -OCH3 is 1. The van der Waals surface area contributed by atoms with E-state index in [4.69, 9.17) is 9.47 Å². The van der Waals surface area contributed by atoms with Crippen LogP contribution in [0.1, 0.15) is 34.6 Å². The molecule has 0 atom stereocenters. The lowest BCUT2D eigenvalue weighted by molar-refractivity contribution is 0.0600. The van der Waals surface area contributed by atoms with Crippen LogP contribution in [0.5, 0.6) is 11.5 Å². The molecule has 0 saturated carbocycles. The van der Waals surface area contributed by atoms with Gasteiger partial charge in [-0.1, -0.05) is 0 Å². The molecule has 0 spiro atoms. The Bertz CT molecular complexity index is 738. The zero-order valence-corrected chi connectivity index (χ0v) is 15.1. The van der Waals surface area contributed by atoms with Crippen LogP contribution in [0.15, 0.2) is 46.9 Å². The van der Waals surface area contributed by atoms with Crippen molar-refractivity contribution in [2.24, 2.45) is 0 Å². The van der Waals surface area contributed by atoms with Crippen molar-refractivity contribution in [2.45, 2.75) is 20.0 Å². The molecule has 0 aromatic heterocycles. The fraction of sp³-hybridized carbons (Fsp3) is 0.222. The van der Waals surface area contributed by atoms with Crippen molar-refractivity contribution >= 4 is 27.9 Å². The number of esters is 2. The van der Waals surface area contributed by atoms with Crippen LogP contribution in [0, 0.1) is 0 Å². The van der Waals surface area contributed by atoms with Crippen LogP contribution in [0.4, 0.5) is 0 Å². The maximum absolute atomic E-state index is 12.2. The summed E-state index contributed by atoms with van der Waals surface area (Å²) >= 11 is 3.28. The predicted octanol–water partition coefficient (Wildman–Crippen LogP) is 4.24. The van der Waals surface area contributed by atoms with E-state index >= 15 is 0 Å². The summed E-state index contributed by atoms with van der Waals surface area (Å²) < 4.78 is 16.0. The number of hydrogen-bond donors (Lipinski definition) is 0. The lowest BCUT2D eigenvalue weighted by Crippen LogP contribution is -2.10. The van der Waals surface area contributed by atoms with Gasteiger partial charge in [-0.15, -0.1) is 0 Å². The van der Waals surface area contributed by atoms with E-state index in [-0.39, 0.29) is 6.10 Å². The van der Waals surface area contributed by atoms with Gasteiger partial charge in [-0.25, -0.2) is 9.59 Å². The largest absolute Gasteiger partial charge is 0.491 e. The SMILES string of the molecule is COC(=O)c1ccc(OC(=O)c2ccc(OC(C)C)cc2)c(Br)c1. The fourth-order valence-corrected chi connectivity index (χ4v) is 2.39. The lowest BCUT2D eigenvalue weighted by atomic mass is 10.2. The van der Waals surface area contributed by atoms with Crippen LogP contribution in [-0.2, 0) is 4.74 Å². The second kappa shape index (κ2) is 7.97. The van der Waals surface area contributed by atoms with E-state index in [0.29, 0.717) is 27.1 Å². The third kappa shape index (κ3) is 4.58. The third-order valence-corrected chi connectivity index (χ3v) is 3.64.